The average Bonchev–Trinajstić information content (AvgIpc) is 3.08. The molecule has 1 aromatic carbocycles. The zero-order valence-corrected chi connectivity index (χ0v) is 13.3. The van der Waals surface area contributed by atoms with Crippen LogP contribution >= 0.6 is 11.8 Å². The molecule has 3 heteroatoms. The molecule has 0 radical (unpaired) electrons. The van der Waals surface area contributed by atoms with Crippen molar-refractivity contribution >= 4 is 11.8 Å². The SMILES string of the molecule is c1ccc(C[C@@H](CSC2CCCCC2)n2ccnc2)cc1. The summed E-state index contributed by atoms with van der Waals surface area (Å²) in [6, 6.07) is 11.3. The molecule has 1 saturated carbocycles. The summed E-state index contributed by atoms with van der Waals surface area (Å²) in [7, 11) is 0. The molecule has 3 rings (SSSR count). The van der Waals surface area contributed by atoms with Crippen molar-refractivity contribution in [3.63, 3.8) is 0 Å². The molecule has 1 aliphatic carbocycles. The Hall–Kier alpha value is -1.22. The summed E-state index contributed by atoms with van der Waals surface area (Å²) < 4.78 is 2.28. The quantitative estimate of drug-likeness (QED) is 0.767. The average molecular weight is 300 g/mol. The lowest BCUT2D eigenvalue weighted by Crippen LogP contribution is -2.17. The fraction of sp³-hybridized carbons (Fsp3) is 0.500. The van der Waals surface area contributed by atoms with Crippen LogP contribution in [0.2, 0.25) is 0 Å². The first-order chi connectivity index (χ1) is 10.4. The van der Waals surface area contributed by atoms with Crippen molar-refractivity contribution in [1.29, 1.82) is 0 Å². The summed E-state index contributed by atoms with van der Waals surface area (Å²) in [5.74, 6) is 1.19. The minimum atomic E-state index is 0.516. The van der Waals surface area contributed by atoms with Gasteiger partial charge < -0.3 is 4.57 Å². The predicted molar refractivity (Wildman–Crippen MR) is 90.7 cm³/mol. The number of thioether (sulfide) groups is 1. The topological polar surface area (TPSA) is 17.8 Å². The van der Waals surface area contributed by atoms with Crippen molar-refractivity contribution in [3.05, 3.63) is 54.6 Å². The van der Waals surface area contributed by atoms with E-state index in [1.54, 1.807) is 0 Å². The number of hydrogen-bond acceptors (Lipinski definition) is 2. The van der Waals surface area contributed by atoms with Crippen molar-refractivity contribution in [2.24, 2.45) is 0 Å². The van der Waals surface area contributed by atoms with Crippen molar-refractivity contribution in [2.45, 2.75) is 49.8 Å². The molecule has 1 fully saturated rings. The molecular weight excluding hydrogens is 276 g/mol. The van der Waals surface area contributed by atoms with Gasteiger partial charge in [-0.15, -0.1) is 0 Å². The van der Waals surface area contributed by atoms with Gasteiger partial charge in [0.1, 0.15) is 0 Å². The maximum Gasteiger partial charge on any atom is 0.0948 e. The smallest absolute Gasteiger partial charge is 0.0948 e. The molecule has 0 aliphatic heterocycles. The van der Waals surface area contributed by atoms with Crippen molar-refractivity contribution in [2.75, 3.05) is 5.75 Å². The van der Waals surface area contributed by atoms with E-state index in [1.165, 1.54) is 43.4 Å². The standard InChI is InChI=1S/C18H24N2S/c1-3-7-16(8-4-1)13-17(20-12-11-19-15-20)14-21-18-9-5-2-6-10-18/h1,3-4,7-8,11-12,15,17-18H,2,5-6,9-10,13-14H2/t17-/m0/s1. The van der Waals surface area contributed by atoms with Gasteiger partial charge in [-0.1, -0.05) is 49.6 Å². The van der Waals surface area contributed by atoms with Crippen LogP contribution in [0, 0.1) is 0 Å². The fourth-order valence-corrected chi connectivity index (χ4v) is 4.55. The third-order valence-corrected chi connectivity index (χ3v) is 5.86. The molecule has 0 unspecified atom stereocenters. The molecular formula is C18H24N2S. The van der Waals surface area contributed by atoms with Crippen LogP contribution in [-0.4, -0.2) is 20.6 Å². The minimum Gasteiger partial charge on any atom is -0.333 e. The summed E-state index contributed by atoms with van der Waals surface area (Å²) in [4.78, 5) is 4.23. The monoisotopic (exact) mass is 300 g/mol. The van der Waals surface area contributed by atoms with Gasteiger partial charge in [-0.25, -0.2) is 4.98 Å². The molecule has 0 saturated heterocycles. The number of imidazole rings is 1. The summed E-state index contributed by atoms with van der Waals surface area (Å²) >= 11 is 2.17. The Bertz CT molecular complexity index is 503. The summed E-state index contributed by atoms with van der Waals surface area (Å²) in [5, 5.41) is 0.876. The van der Waals surface area contributed by atoms with Gasteiger partial charge in [0, 0.05) is 29.4 Å². The normalized spacial score (nSPS) is 17.7. The van der Waals surface area contributed by atoms with Gasteiger partial charge in [0.25, 0.3) is 0 Å². The summed E-state index contributed by atoms with van der Waals surface area (Å²) in [6.45, 7) is 0. The Kier molecular flexibility index (Phi) is 5.39. The van der Waals surface area contributed by atoms with E-state index >= 15 is 0 Å². The minimum absolute atomic E-state index is 0.516. The van der Waals surface area contributed by atoms with Crippen LogP contribution in [0.25, 0.3) is 0 Å². The Balaban J connectivity index is 1.62. The molecule has 0 N–H and O–H groups in total. The third-order valence-electron chi connectivity index (χ3n) is 4.34. The van der Waals surface area contributed by atoms with E-state index < -0.39 is 0 Å². The number of benzene rings is 1. The highest BCUT2D eigenvalue weighted by Gasteiger charge is 2.18. The Morgan fingerprint density at radius 2 is 1.95 bits per heavy atom. The van der Waals surface area contributed by atoms with Gasteiger partial charge in [-0.3, -0.25) is 0 Å². The maximum absolute atomic E-state index is 4.23. The van der Waals surface area contributed by atoms with Crippen LogP contribution in [-0.2, 0) is 6.42 Å². The Labute approximate surface area is 132 Å². The van der Waals surface area contributed by atoms with E-state index in [4.69, 9.17) is 0 Å². The molecule has 2 aromatic rings. The van der Waals surface area contributed by atoms with E-state index in [9.17, 15) is 0 Å². The van der Waals surface area contributed by atoms with Gasteiger partial charge in [-0.05, 0) is 24.8 Å². The fourth-order valence-electron chi connectivity index (χ4n) is 3.10. The highest BCUT2D eigenvalue weighted by molar-refractivity contribution is 7.99. The van der Waals surface area contributed by atoms with Crippen LogP contribution in [0.5, 0.6) is 0 Å². The number of rotatable bonds is 6. The van der Waals surface area contributed by atoms with Crippen LogP contribution in [0.4, 0.5) is 0 Å². The van der Waals surface area contributed by atoms with Crippen LogP contribution in [0.3, 0.4) is 0 Å². The largest absolute Gasteiger partial charge is 0.333 e. The second kappa shape index (κ2) is 7.69. The first-order valence-electron chi connectivity index (χ1n) is 8.05. The van der Waals surface area contributed by atoms with Crippen LogP contribution < -0.4 is 0 Å². The van der Waals surface area contributed by atoms with Crippen LogP contribution in [0.1, 0.15) is 43.7 Å². The van der Waals surface area contributed by atoms with E-state index in [2.05, 4.69) is 57.8 Å². The molecule has 2 nitrogen and oxygen atoms in total. The summed E-state index contributed by atoms with van der Waals surface area (Å²) in [5.41, 5.74) is 1.42. The molecule has 1 heterocycles. The number of hydrogen-bond donors (Lipinski definition) is 0. The van der Waals surface area contributed by atoms with Gasteiger partial charge in [0.15, 0.2) is 0 Å². The van der Waals surface area contributed by atoms with E-state index in [-0.39, 0.29) is 0 Å². The van der Waals surface area contributed by atoms with Crippen LogP contribution in [0.15, 0.2) is 49.1 Å². The lowest BCUT2D eigenvalue weighted by atomic mass is 10.0. The first kappa shape index (κ1) is 14.7. The molecule has 1 atom stereocenters. The molecule has 112 valence electrons. The molecule has 1 aromatic heterocycles. The second-order valence-electron chi connectivity index (χ2n) is 5.95. The maximum atomic E-state index is 4.23. The lowest BCUT2D eigenvalue weighted by molar-refractivity contribution is 0.510. The number of nitrogens with zero attached hydrogens (tertiary/aromatic N) is 2. The van der Waals surface area contributed by atoms with E-state index in [0.29, 0.717) is 6.04 Å². The molecule has 0 spiro atoms. The lowest BCUT2D eigenvalue weighted by Gasteiger charge is -2.24. The van der Waals surface area contributed by atoms with E-state index in [0.717, 1.165) is 11.7 Å². The molecule has 0 amide bonds. The highest BCUT2D eigenvalue weighted by Crippen LogP contribution is 2.31. The molecule has 0 bridgehead atoms. The van der Waals surface area contributed by atoms with Crippen molar-refractivity contribution in [1.82, 2.24) is 9.55 Å². The Morgan fingerprint density at radius 1 is 1.14 bits per heavy atom. The van der Waals surface area contributed by atoms with Gasteiger partial charge in [0.05, 0.1) is 6.33 Å². The van der Waals surface area contributed by atoms with Gasteiger partial charge in [0.2, 0.25) is 0 Å². The molecule has 21 heavy (non-hydrogen) atoms. The van der Waals surface area contributed by atoms with E-state index in [1.807, 2.05) is 12.5 Å². The van der Waals surface area contributed by atoms with Gasteiger partial charge >= 0.3 is 0 Å². The zero-order valence-electron chi connectivity index (χ0n) is 12.5. The second-order valence-corrected chi connectivity index (χ2v) is 7.28. The Morgan fingerprint density at radius 3 is 2.67 bits per heavy atom. The van der Waals surface area contributed by atoms with Crippen molar-refractivity contribution in [3.8, 4) is 0 Å². The summed E-state index contributed by atoms with van der Waals surface area (Å²) in [6.07, 6.45) is 14.2. The third kappa shape index (κ3) is 4.37. The highest BCUT2D eigenvalue weighted by atomic mass is 32.2. The number of aromatic nitrogens is 2. The molecule has 1 aliphatic rings. The zero-order chi connectivity index (χ0) is 14.3. The van der Waals surface area contributed by atoms with Gasteiger partial charge in [-0.2, -0.15) is 11.8 Å². The van der Waals surface area contributed by atoms with Crippen molar-refractivity contribution < 1.29 is 0 Å². The predicted octanol–water partition coefficient (Wildman–Crippen LogP) is 4.73. The first-order valence-corrected chi connectivity index (χ1v) is 9.09.